The monoisotopic (exact) mass is 196 g/mol. The molecule has 0 amide bonds. The summed E-state index contributed by atoms with van der Waals surface area (Å²) in [6, 6.07) is 9.64. The van der Waals surface area contributed by atoms with Crippen molar-refractivity contribution in [3.8, 4) is 0 Å². The lowest BCUT2D eigenvalue weighted by Crippen LogP contribution is -2.27. The van der Waals surface area contributed by atoms with E-state index in [2.05, 4.69) is 0 Å². The molecule has 1 atom stereocenters. The van der Waals surface area contributed by atoms with Gasteiger partial charge in [-0.1, -0.05) is 37.3 Å². The van der Waals surface area contributed by atoms with Crippen LogP contribution in [0.3, 0.4) is 0 Å². The predicted octanol–water partition coefficient (Wildman–Crippen LogP) is 3.12. The lowest BCUT2D eigenvalue weighted by atomic mass is 9.81. The molecule has 1 aromatic rings. The molecule has 0 saturated carbocycles. The minimum Gasteiger partial charge on any atom is -0.280 e. The number of carbonyl (C=O) groups excluding carboxylic acids is 1. The highest BCUT2D eigenvalue weighted by atomic mass is 35.5. The predicted molar refractivity (Wildman–Crippen MR) is 54.9 cm³/mol. The van der Waals surface area contributed by atoms with E-state index < -0.39 is 5.41 Å². The summed E-state index contributed by atoms with van der Waals surface area (Å²) in [5, 5.41) is -0.291. The van der Waals surface area contributed by atoms with Gasteiger partial charge in [0.2, 0.25) is 5.24 Å². The van der Waals surface area contributed by atoms with Gasteiger partial charge in [-0.05, 0) is 30.5 Å². The van der Waals surface area contributed by atoms with Crippen molar-refractivity contribution in [2.75, 3.05) is 0 Å². The van der Waals surface area contributed by atoms with Gasteiger partial charge in [0.25, 0.3) is 0 Å². The second kappa shape index (κ2) is 3.93. The van der Waals surface area contributed by atoms with Crippen molar-refractivity contribution < 1.29 is 4.79 Å². The Bertz CT molecular complexity index is 294. The van der Waals surface area contributed by atoms with Gasteiger partial charge >= 0.3 is 0 Å². The van der Waals surface area contributed by atoms with E-state index in [4.69, 9.17) is 11.6 Å². The maximum absolute atomic E-state index is 11.3. The molecule has 1 aromatic carbocycles. The lowest BCUT2D eigenvalue weighted by molar-refractivity contribution is -0.116. The summed E-state index contributed by atoms with van der Waals surface area (Å²) >= 11 is 5.58. The first-order valence-corrected chi connectivity index (χ1v) is 4.74. The molecular weight excluding hydrogens is 184 g/mol. The molecule has 0 heterocycles. The van der Waals surface area contributed by atoms with Gasteiger partial charge < -0.3 is 0 Å². The third-order valence-corrected chi connectivity index (χ3v) is 2.97. The summed E-state index contributed by atoms with van der Waals surface area (Å²) in [7, 11) is 0. The maximum Gasteiger partial charge on any atom is 0.231 e. The van der Waals surface area contributed by atoms with Gasteiger partial charge in [0.15, 0.2) is 0 Å². The number of carbonyl (C=O) groups is 1. The first-order chi connectivity index (χ1) is 6.11. The van der Waals surface area contributed by atoms with Gasteiger partial charge in [-0.3, -0.25) is 4.79 Å². The Labute approximate surface area is 83.7 Å². The second-order valence-corrected chi connectivity index (χ2v) is 3.67. The quantitative estimate of drug-likeness (QED) is 0.679. The standard InChI is InChI=1S/C11H13ClO/c1-3-11(2,10(12)13)9-7-5-4-6-8-9/h4-8H,3H2,1-2H3. The normalized spacial score (nSPS) is 15.0. The van der Waals surface area contributed by atoms with Crippen molar-refractivity contribution in [1.29, 1.82) is 0 Å². The van der Waals surface area contributed by atoms with Crippen molar-refractivity contribution >= 4 is 16.8 Å². The fraction of sp³-hybridized carbons (Fsp3) is 0.364. The molecule has 70 valence electrons. The Hall–Kier alpha value is -0.820. The molecule has 0 spiro atoms. The maximum atomic E-state index is 11.3. The number of halogens is 1. The Balaban J connectivity index is 3.11. The van der Waals surface area contributed by atoms with Gasteiger partial charge in [-0.15, -0.1) is 0 Å². The first-order valence-electron chi connectivity index (χ1n) is 4.36. The van der Waals surface area contributed by atoms with Gasteiger partial charge in [-0.2, -0.15) is 0 Å². The molecule has 0 radical (unpaired) electrons. The van der Waals surface area contributed by atoms with Crippen LogP contribution in [0.2, 0.25) is 0 Å². The highest BCUT2D eigenvalue weighted by molar-refractivity contribution is 6.65. The van der Waals surface area contributed by atoms with E-state index in [0.29, 0.717) is 0 Å². The van der Waals surface area contributed by atoms with Gasteiger partial charge in [0, 0.05) is 0 Å². The van der Waals surface area contributed by atoms with Crippen LogP contribution < -0.4 is 0 Å². The van der Waals surface area contributed by atoms with Crippen LogP contribution in [-0.4, -0.2) is 5.24 Å². The molecule has 0 saturated heterocycles. The van der Waals surface area contributed by atoms with Crippen LogP contribution in [0.25, 0.3) is 0 Å². The van der Waals surface area contributed by atoms with Crippen LogP contribution in [0.1, 0.15) is 25.8 Å². The van der Waals surface area contributed by atoms with E-state index in [1.54, 1.807) is 0 Å². The molecule has 1 rings (SSSR count). The highest BCUT2D eigenvalue weighted by Crippen LogP contribution is 2.29. The van der Waals surface area contributed by atoms with Gasteiger partial charge in [0.1, 0.15) is 0 Å². The molecule has 1 unspecified atom stereocenters. The third-order valence-electron chi connectivity index (χ3n) is 2.55. The Morgan fingerprint density at radius 2 is 1.92 bits per heavy atom. The zero-order valence-corrected chi connectivity index (χ0v) is 8.64. The van der Waals surface area contributed by atoms with E-state index in [-0.39, 0.29) is 5.24 Å². The fourth-order valence-corrected chi connectivity index (χ4v) is 1.51. The Morgan fingerprint density at radius 1 is 1.38 bits per heavy atom. The molecule has 0 aliphatic rings. The number of rotatable bonds is 3. The molecule has 0 N–H and O–H groups in total. The molecule has 0 aliphatic carbocycles. The van der Waals surface area contributed by atoms with Gasteiger partial charge in [0.05, 0.1) is 5.41 Å². The van der Waals surface area contributed by atoms with Crippen molar-refractivity contribution in [3.05, 3.63) is 35.9 Å². The minimum atomic E-state index is -0.539. The molecule has 0 bridgehead atoms. The largest absolute Gasteiger partial charge is 0.280 e. The SMILES string of the molecule is CCC(C)(C(=O)Cl)c1ccccc1. The fourth-order valence-electron chi connectivity index (χ4n) is 1.26. The van der Waals surface area contributed by atoms with Crippen molar-refractivity contribution in [3.63, 3.8) is 0 Å². The number of hydrogen-bond acceptors (Lipinski definition) is 1. The molecule has 1 nitrogen and oxygen atoms in total. The van der Waals surface area contributed by atoms with Crippen molar-refractivity contribution in [2.24, 2.45) is 0 Å². The average molecular weight is 197 g/mol. The third kappa shape index (κ3) is 1.92. The van der Waals surface area contributed by atoms with Crippen LogP contribution in [0.5, 0.6) is 0 Å². The van der Waals surface area contributed by atoms with E-state index >= 15 is 0 Å². The first kappa shape index (κ1) is 10.3. The van der Waals surface area contributed by atoms with Crippen LogP contribution in [0.4, 0.5) is 0 Å². The van der Waals surface area contributed by atoms with Crippen LogP contribution in [0, 0.1) is 0 Å². The average Bonchev–Trinajstić information content (AvgIpc) is 2.17. The summed E-state index contributed by atoms with van der Waals surface area (Å²) < 4.78 is 0. The lowest BCUT2D eigenvalue weighted by Gasteiger charge is -2.23. The second-order valence-electron chi connectivity index (χ2n) is 3.33. The van der Waals surface area contributed by atoms with Crippen LogP contribution >= 0.6 is 11.6 Å². The smallest absolute Gasteiger partial charge is 0.231 e. The minimum absolute atomic E-state index is 0.291. The van der Waals surface area contributed by atoms with Crippen molar-refractivity contribution in [1.82, 2.24) is 0 Å². The van der Waals surface area contributed by atoms with Crippen LogP contribution in [-0.2, 0) is 10.2 Å². The van der Waals surface area contributed by atoms with E-state index in [1.807, 2.05) is 44.2 Å². The molecule has 2 heteroatoms. The summed E-state index contributed by atoms with van der Waals surface area (Å²) in [5.41, 5.74) is 0.445. The van der Waals surface area contributed by atoms with Gasteiger partial charge in [-0.25, -0.2) is 0 Å². The van der Waals surface area contributed by atoms with Crippen LogP contribution in [0.15, 0.2) is 30.3 Å². The zero-order valence-electron chi connectivity index (χ0n) is 7.88. The van der Waals surface area contributed by atoms with Crippen molar-refractivity contribution in [2.45, 2.75) is 25.7 Å². The topological polar surface area (TPSA) is 17.1 Å². The molecular formula is C11H13ClO. The molecule has 0 aliphatic heterocycles. The molecule has 13 heavy (non-hydrogen) atoms. The number of benzene rings is 1. The van der Waals surface area contributed by atoms with E-state index in [1.165, 1.54) is 0 Å². The summed E-state index contributed by atoms with van der Waals surface area (Å²) in [6.07, 6.45) is 0.722. The number of hydrogen-bond donors (Lipinski definition) is 0. The summed E-state index contributed by atoms with van der Waals surface area (Å²) in [6.45, 7) is 3.84. The van der Waals surface area contributed by atoms with E-state index in [9.17, 15) is 4.79 Å². The molecule has 0 fully saturated rings. The summed E-state index contributed by atoms with van der Waals surface area (Å²) in [5.74, 6) is 0. The van der Waals surface area contributed by atoms with E-state index in [0.717, 1.165) is 12.0 Å². The zero-order chi connectivity index (χ0) is 9.90. The molecule has 0 aromatic heterocycles. The highest BCUT2D eigenvalue weighted by Gasteiger charge is 2.31. The Morgan fingerprint density at radius 3 is 2.31 bits per heavy atom. The summed E-state index contributed by atoms with van der Waals surface area (Å²) in [4.78, 5) is 11.3. The Kier molecular flexibility index (Phi) is 3.10.